The Hall–Kier alpha value is -2.24. The average molecular weight is 377 g/mol. The van der Waals surface area contributed by atoms with E-state index in [1.807, 2.05) is 13.8 Å². The van der Waals surface area contributed by atoms with E-state index in [0.29, 0.717) is 35.5 Å². The third kappa shape index (κ3) is 5.37. The van der Waals surface area contributed by atoms with Crippen LogP contribution in [-0.2, 0) is 4.79 Å². The van der Waals surface area contributed by atoms with Crippen LogP contribution in [0.4, 0.5) is 14.5 Å². The summed E-state index contributed by atoms with van der Waals surface area (Å²) in [5.74, 6) is -4.13. The fourth-order valence-corrected chi connectivity index (χ4v) is 3.75. The van der Waals surface area contributed by atoms with Crippen LogP contribution in [0.2, 0.25) is 0 Å². The number of carbonyl (C=O) groups is 1. The molecule has 1 aromatic rings. The molecule has 1 atom stereocenters. The van der Waals surface area contributed by atoms with Crippen LogP contribution in [-0.4, -0.2) is 17.5 Å². The van der Waals surface area contributed by atoms with Gasteiger partial charge in [0.1, 0.15) is 0 Å². The molecule has 1 saturated carbocycles. The molecule has 0 saturated heterocycles. The molecule has 1 aliphatic rings. The molecule has 27 heavy (non-hydrogen) atoms. The Morgan fingerprint density at radius 2 is 1.81 bits per heavy atom. The number of benzene rings is 1. The van der Waals surface area contributed by atoms with Crippen molar-refractivity contribution >= 4 is 22.9 Å². The first-order valence-electron chi connectivity index (χ1n) is 9.21. The second-order valence-electron chi connectivity index (χ2n) is 8.34. The van der Waals surface area contributed by atoms with E-state index in [0.717, 1.165) is 5.56 Å². The molecule has 1 aliphatic carbocycles. The molecule has 0 aromatic heterocycles. The van der Waals surface area contributed by atoms with Crippen molar-refractivity contribution in [1.29, 1.82) is 5.41 Å². The minimum absolute atomic E-state index is 0.164. The molecule has 2 rings (SSSR count). The SMILES string of the molecule is CC(=N)/C(=C(/C)N)c1ccc(NC(=O)CC2CC(C)(C)CCC2(F)F)cc1. The van der Waals surface area contributed by atoms with Crippen LogP contribution in [0.15, 0.2) is 30.0 Å². The van der Waals surface area contributed by atoms with Gasteiger partial charge >= 0.3 is 0 Å². The number of nitrogens with two attached hydrogens (primary N) is 1. The number of hydrogen-bond acceptors (Lipinski definition) is 3. The standard InChI is InChI=1S/C21H29F2N3O/c1-13(24)19(14(2)25)15-5-7-17(8-6-15)26-18(27)11-16-12-20(3,4)9-10-21(16,22)23/h5-8,16,24H,9-12,25H2,1-4H3,(H,26,27)/b19-14+,24-13?. The molecule has 0 spiro atoms. The smallest absolute Gasteiger partial charge is 0.251 e. The van der Waals surface area contributed by atoms with Crippen LogP contribution in [0, 0.1) is 16.7 Å². The molecule has 1 amide bonds. The largest absolute Gasteiger partial charge is 0.402 e. The molecular formula is C21H29F2N3O. The maximum absolute atomic E-state index is 14.2. The molecule has 4 nitrogen and oxygen atoms in total. The van der Waals surface area contributed by atoms with Crippen molar-refractivity contribution in [2.45, 2.75) is 59.3 Å². The Morgan fingerprint density at radius 1 is 1.22 bits per heavy atom. The minimum Gasteiger partial charge on any atom is -0.402 e. The number of rotatable bonds is 5. The van der Waals surface area contributed by atoms with Crippen molar-refractivity contribution in [2.24, 2.45) is 17.1 Å². The van der Waals surface area contributed by atoms with Gasteiger partial charge in [-0.2, -0.15) is 0 Å². The Labute approximate surface area is 159 Å². The quantitative estimate of drug-likeness (QED) is 0.616. The maximum Gasteiger partial charge on any atom is 0.251 e. The summed E-state index contributed by atoms with van der Waals surface area (Å²) in [6, 6.07) is 6.92. The van der Waals surface area contributed by atoms with Gasteiger partial charge < -0.3 is 16.5 Å². The lowest BCUT2D eigenvalue weighted by atomic mass is 9.69. The molecule has 0 bridgehead atoms. The van der Waals surface area contributed by atoms with Gasteiger partial charge in [0, 0.05) is 41.4 Å². The highest BCUT2D eigenvalue weighted by molar-refractivity contribution is 6.21. The third-order valence-electron chi connectivity index (χ3n) is 5.19. The van der Waals surface area contributed by atoms with Gasteiger partial charge in [-0.3, -0.25) is 4.79 Å². The number of amides is 1. The maximum atomic E-state index is 14.2. The van der Waals surface area contributed by atoms with Crippen molar-refractivity contribution in [3.8, 4) is 0 Å². The van der Waals surface area contributed by atoms with Crippen LogP contribution in [0.1, 0.15) is 58.9 Å². The predicted octanol–water partition coefficient (Wildman–Crippen LogP) is 5.21. The zero-order chi connectivity index (χ0) is 20.4. The summed E-state index contributed by atoms with van der Waals surface area (Å²) in [7, 11) is 0. The van der Waals surface area contributed by atoms with Gasteiger partial charge in [0.05, 0.1) is 0 Å². The van der Waals surface area contributed by atoms with E-state index in [1.165, 1.54) is 0 Å². The average Bonchev–Trinajstić information content (AvgIpc) is 2.52. The lowest BCUT2D eigenvalue weighted by molar-refractivity contribution is -0.133. The highest BCUT2D eigenvalue weighted by atomic mass is 19.3. The van der Waals surface area contributed by atoms with Crippen molar-refractivity contribution < 1.29 is 13.6 Å². The normalized spacial score (nSPS) is 21.9. The zero-order valence-corrected chi connectivity index (χ0v) is 16.5. The fourth-order valence-electron chi connectivity index (χ4n) is 3.75. The van der Waals surface area contributed by atoms with E-state index in [2.05, 4.69) is 5.32 Å². The lowest BCUT2D eigenvalue weighted by Crippen LogP contribution is -2.40. The molecule has 0 radical (unpaired) electrons. The zero-order valence-electron chi connectivity index (χ0n) is 16.5. The molecule has 4 N–H and O–H groups in total. The lowest BCUT2D eigenvalue weighted by Gasteiger charge is -2.40. The van der Waals surface area contributed by atoms with E-state index in [-0.39, 0.29) is 18.3 Å². The summed E-state index contributed by atoms with van der Waals surface area (Å²) in [5.41, 5.74) is 8.54. The summed E-state index contributed by atoms with van der Waals surface area (Å²) in [6.07, 6.45) is 0.464. The summed E-state index contributed by atoms with van der Waals surface area (Å²) >= 11 is 0. The Bertz CT molecular complexity index is 747. The highest BCUT2D eigenvalue weighted by Crippen LogP contribution is 2.48. The van der Waals surface area contributed by atoms with Crippen molar-refractivity contribution in [2.75, 3.05) is 5.32 Å². The molecular weight excluding hydrogens is 348 g/mol. The first-order chi connectivity index (χ1) is 12.4. The van der Waals surface area contributed by atoms with Crippen LogP contribution < -0.4 is 11.1 Å². The van der Waals surface area contributed by atoms with Crippen LogP contribution >= 0.6 is 0 Å². The van der Waals surface area contributed by atoms with Crippen molar-refractivity contribution in [1.82, 2.24) is 0 Å². The second-order valence-corrected chi connectivity index (χ2v) is 8.34. The summed E-state index contributed by atoms with van der Waals surface area (Å²) in [4.78, 5) is 12.3. The van der Waals surface area contributed by atoms with Crippen molar-refractivity contribution in [3.63, 3.8) is 0 Å². The molecule has 0 heterocycles. The third-order valence-corrected chi connectivity index (χ3v) is 5.19. The number of anilines is 1. The molecule has 6 heteroatoms. The van der Waals surface area contributed by atoms with E-state index < -0.39 is 17.7 Å². The molecule has 148 valence electrons. The Kier molecular flexibility index (Phi) is 6.07. The topological polar surface area (TPSA) is 79.0 Å². The van der Waals surface area contributed by atoms with E-state index in [9.17, 15) is 13.6 Å². The van der Waals surface area contributed by atoms with Gasteiger partial charge in [0.25, 0.3) is 5.92 Å². The van der Waals surface area contributed by atoms with Gasteiger partial charge in [-0.1, -0.05) is 26.0 Å². The molecule has 0 aliphatic heterocycles. The van der Waals surface area contributed by atoms with E-state index in [4.69, 9.17) is 11.1 Å². The fraction of sp³-hybridized carbons (Fsp3) is 0.524. The van der Waals surface area contributed by atoms with Gasteiger partial charge in [-0.15, -0.1) is 0 Å². The van der Waals surface area contributed by atoms with Gasteiger partial charge in [-0.05, 0) is 49.8 Å². The Balaban J connectivity index is 2.06. The summed E-state index contributed by atoms with van der Waals surface area (Å²) in [6.45, 7) is 7.34. The summed E-state index contributed by atoms with van der Waals surface area (Å²) in [5, 5.41) is 10.5. The van der Waals surface area contributed by atoms with Gasteiger partial charge in [0.2, 0.25) is 5.91 Å². The monoisotopic (exact) mass is 377 g/mol. The predicted molar refractivity (Wildman–Crippen MR) is 106 cm³/mol. The number of alkyl halides is 2. The first kappa shape index (κ1) is 21.1. The van der Waals surface area contributed by atoms with E-state index in [1.54, 1.807) is 38.1 Å². The number of allylic oxidation sites excluding steroid dienone is 2. The van der Waals surface area contributed by atoms with E-state index >= 15 is 0 Å². The number of halogens is 2. The number of nitrogens with one attached hydrogen (secondary N) is 2. The van der Waals surface area contributed by atoms with Crippen molar-refractivity contribution in [3.05, 3.63) is 35.5 Å². The number of hydrogen-bond donors (Lipinski definition) is 3. The second kappa shape index (κ2) is 7.79. The van der Waals surface area contributed by atoms with Crippen LogP contribution in [0.5, 0.6) is 0 Å². The minimum atomic E-state index is -2.80. The van der Waals surface area contributed by atoms with Gasteiger partial charge in [-0.25, -0.2) is 8.78 Å². The van der Waals surface area contributed by atoms with Gasteiger partial charge in [0.15, 0.2) is 0 Å². The number of carbonyl (C=O) groups excluding carboxylic acids is 1. The molecule has 1 unspecified atom stereocenters. The van der Waals surface area contributed by atoms with Crippen LogP contribution in [0.25, 0.3) is 5.57 Å². The van der Waals surface area contributed by atoms with Crippen LogP contribution in [0.3, 0.4) is 0 Å². The molecule has 1 aromatic carbocycles. The highest BCUT2D eigenvalue weighted by Gasteiger charge is 2.47. The Morgan fingerprint density at radius 3 is 2.33 bits per heavy atom. The first-order valence-corrected chi connectivity index (χ1v) is 9.21. The molecule has 1 fully saturated rings. The summed E-state index contributed by atoms with van der Waals surface area (Å²) < 4.78 is 28.4.